The van der Waals surface area contributed by atoms with Crippen LogP contribution in [0.4, 0.5) is 0 Å². The summed E-state index contributed by atoms with van der Waals surface area (Å²) >= 11 is 0. The Hall–Kier alpha value is -1.46. The molecule has 0 saturated heterocycles. The summed E-state index contributed by atoms with van der Waals surface area (Å²) in [6.07, 6.45) is -0.0385. The van der Waals surface area contributed by atoms with Crippen molar-refractivity contribution in [3.05, 3.63) is 47.0 Å². The zero-order valence-electron chi connectivity index (χ0n) is 19.8. The number of ether oxygens (including phenoxy) is 3. The second-order valence-corrected chi connectivity index (χ2v) is 9.22. The van der Waals surface area contributed by atoms with E-state index in [0.29, 0.717) is 17.2 Å². The van der Waals surface area contributed by atoms with Crippen LogP contribution in [0.3, 0.4) is 0 Å². The quantitative estimate of drug-likeness (QED) is 0.399. The zero-order chi connectivity index (χ0) is 21.7. The van der Waals surface area contributed by atoms with Crippen LogP contribution in [0.25, 0.3) is 0 Å². The van der Waals surface area contributed by atoms with Gasteiger partial charge in [-0.15, -0.1) is 0 Å². The van der Waals surface area contributed by atoms with Crippen molar-refractivity contribution in [3.63, 3.8) is 0 Å². The summed E-state index contributed by atoms with van der Waals surface area (Å²) in [5.41, 5.74) is 2.83. The fraction of sp³-hybridized carbons (Fsp3) is 0.458. The molecular formula is C24H33LiO4P. The van der Waals surface area contributed by atoms with E-state index in [0.717, 1.165) is 22.0 Å². The largest absolute Gasteiger partial charge is 0.491 e. The summed E-state index contributed by atoms with van der Waals surface area (Å²) in [5, 5.41) is 0.788. The first-order valence-corrected chi connectivity index (χ1v) is 11.1. The van der Waals surface area contributed by atoms with Gasteiger partial charge in [0.2, 0.25) is 0 Å². The maximum absolute atomic E-state index is 13.3. The van der Waals surface area contributed by atoms with Crippen LogP contribution in [-0.2, 0) is 0 Å². The maximum atomic E-state index is 13.3. The van der Waals surface area contributed by atoms with Gasteiger partial charge in [0.1, 0.15) is 17.2 Å². The maximum Gasteiger partial charge on any atom is 0.186 e. The normalized spacial score (nSPS) is 11.3. The summed E-state index contributed by atoms with van der Waals surface area (Å²) in [5.74, 6) is 1.97. The first-order valence-electron chi connectivity index (χ1n) is 10.1. The molecule has 0 N–H and O–H groups in total. The van der Waals surface area contributed by atoms with Gasteiger partial charge in [-0.3, -0.25) is 4.79 Å². The Morgan fingerprint density at radius 2 is 1.23 bits per heavy atom. The first-order chi connectivity index (χ1) is 13.6. The summed E-state index contributed by atoms with van der Waals surface area (Å²) in [7, 11) is -0.107. The molecule has 0 aromatic heterocycles. The zero-order valence-corrected chi connectivity index (χ0v) is 20.8. The van der Waals surface area contributed by atoms with Crippen LogP contribution >= 0.6 is 8.58 Å². The van der Waals surface area contributed by atoms with E-state index in [1.165, 1.54) is 0 Å². The van der Waals surface area contributed by atoms with Gasteiger partial charge in [-0.05, 0) is 75.1 Å². The van der Waals surface area contributed by atoms with Crippen molar-refractivity contribution in [2.75, 3.05) is 0 Å². The molecule has 0 aliphatic heterocycles. The molecule has 0 aliphatic carbocycles. The van der Waals surface area contributed by atoms with E-state index in [2.05, 4.69) is 0 Å². The third-order valence-corrected chi connectivity index (χ3v) is 5.30. The molecule has 159 valence electrons. The molecule has 2 aromatic rings. The van der Waals surface area contributed by atoms with E-state index in [1.54, 1.807) is 0 Å². The average molecular weight is 423 g/mol. The first kappa shape index (κ1) is 26.6. The molecule has 4 nitrogen and oxygen atoms in total. The van der Waals surface area contributed by atoms with Gasteiger partial charge in [0.05, 0.1) is 23.6 Å². The fourth-order valence-electron chi connectivity index (χ4n) is 3.07. The van der Waals surface area contributed by atoms with E-state index in [4.69, 9.17) is 14.2 Å². The van der Waals surface area contributed by atoms with Gasteiger partial charge in [0.15, 0.2) is 5.52 Å². The second-order valence-electron chi connectivity index (χ2n) is 8.02. The van der Waals surface area contributed by atoms with Crippen LogP contribution in [0, 0.1) is 13.8 Å². The van der Waals surface area contributed by atoms with Gasteiger partial charge in [0, 0.05) is 36.6 Å². The van der Waals surface area contributed by atoms with Crippen LogP contribution in [0.2, 0.25) is 0 Å². The van der Waals surface area contributed by atoms with E-state index < -0.39 is 0 Å². The SMILES string of the molecule is Cc1cccc(C)c1C(=O)Pc1c(OC(C)C)cc(OC(C)C)cc1OC(C)C.[Li]. The summed E-state index contributed by atoms with van der Waals surface area (Å²) < 4.78 is 18.1. The van der Waals surface area contributed by atoms with Gasteiger partial charge in [0.25, 0.3) is 0 Å². The minimum absolute atomic E-state index is 0. The van der Waals surface area contributed by atoms with Gasteiger partial charge >= 0.3 is 0 Å². The van der Waals surface area contributed by atoms with Crippen molar-refractivity contribution in [1.29, 1.82) is 0 Å². The summed E-state index contributed by atoms with van der Waals surface area (Å²) in [6, 6.07) is 9.66. The van der Waals surface area contributed by atoms with Crippen LogP contribution < -0.4 is 19.5 Å². The Bertz CT molecular complexity index is 811. The molecule has 0 heterocycles. The number of carbonyl (C=O) groups is 1. The number of benzene rings is 2. The molecule has 1 unspecified atom stereocenters. The van der Waals surface area contributed by atoms with E-state index in [1.807, 2.05) is 85.7 Å². The summed E-state index contributed by atoms with van der Waals surface area (Å²) in [4.78, 5) is 13.3. The van der Waals surface area contributed by atoms with Crippen molar-refractivity contribution in [1.82, 2.24) is 0 Å². The van der Waals surface area contributed by atoms with E-state index in [9.17, 15) is 4.79 Å². The predicted octanol–water partition coefficient (Wildman–Crippen LogP) is 5.43. The molecule has 30 heavy (non-hydrogen) atoms. The van der Waals surface area contributed by atoms with Crippen molar-refractivity contribution in [3.8, 4) is 17.2 Å². The monoisotopic (exact) mass is 423 g/mol. The molecule has 0 fully saturated rings. The third kappa shape index (κ3) is 7.35. The predicted molar refractivity (Wildman–Crippen MR) is 128 cm³/mol. The molecule has 0 saturated carbocycles. The molecule has 1 atom stereocenters. The molecular weight excluding hydrogens is 390 g/mol. The van der Waals surface area contributed by atoms with Gasteiger partial charge in [-0.1, -0.05) is 18.2 Å². The minimum atomic E-state index is -0.107. The van der Waals surface area contributed by atoms with Crippen LogP contribution in [0.1, 0.15) is 63.0 Å². The number of hydrogen-bond acceptors (Lipinski definition) is 4. The Morgan fingerprint density at radius 1 is 0.800 bits per heavy atom. The van der Waals surface area contributed by atoms with Crippen LogP contribution in [-0.4, -0.2) is 42.7 Å². The Morgan fingerprint density at radius 3 is 1.63 bits per heavy atom. The number of hydrogen-bond donors (Lipinski definition) is 0. The standard InChI is InChI=1S/C24H33O4P.Li/c1-14(2)26-19-12-20(27-15(3)4)23(21(13-19)28-16(5)6)29-24(25)22-17(7)10-9-11-18(22)8;/h9-16,29H,1-8H3;. The fourth-order valence-corrected chi connectivity index (χ4v) is 4.33. The second kappa shape index (κ2) is 11.8. The Balaban J connectivity index is 0.00000450. The molecule has 6 heteroatoms. The molecule has 0 amide bonds. The van der Waals surface area contributed by atoms with Crippen molar-refractivity contribution in [2.24, 2.45) is 0 Å². The molecule has 1 radical (unpaired) electrons. The Kier molecular flexibility index (Phi) is 10.5. The number of aryl methyl sites for hydroxylation is 2. The molecule has 2 aromatic carbocycles. The number of carbonyl (C=O) groups excluding carboxylic acids is 1. The summed E-state index contributed by atoms with van der Waals surface area (Å²) in [6.45, 7) is 15.8. The third-order valence-electron chi connectivity index (χ3n) is 4.08. The van der Waals surface area contributed by atoms with Gasteiger partial charge < -0.3 is 14.2 Å². The van der Waals surface area contributed by atoms with E-state index >= 15 is 0 Å². The molecule has 0 aliphatic rings. The topological polar surface area (TPSA) is 44.8 Å². The number of rotatable bonds is 9. The van der Waals surface area contributed by atoms with Crippen molar-refractivity contribution < 1.29 is 19.0 Å². The van der Waals surface area contributed by atoms with Crippen molar-refractivity contribution in [2.45, 2.75) is 73.7 Å². The molecule has 0 spiro atoms. The molecule has 2 rings (SSSR count). The molecule has 0 bridgehead atoms. The van der Waals surface area contributed by atoms with Gasteiger partial charge in [-0.25, -0.2) is 0 Å². The van der Waals surface area contributed by atoms with Gasteiger partial charge in [-0.2, -0.15) is 0 Å². The van der Waals surface area contributed by atoms with Crippen molar-refractivity contribution >= 4 is 38.3 Å². The average Bonchev–Trinajstić information content (AvgIpc) is 2.56. The smallest absolute Gasteiger partial charge is 0.186 e. The van der Waals surface area contributed by atoms with Crippen LogP contribution in [0.5, 0.6) is 17.2 Å². The van der Waals surface area contributed by atoms with E-state index in [-0.39, 0.29) is 51.3 Å². The minimum Gasteiger partial charge on any atom is -0.491 e. The van der Waals surface area contributed by atoms with Crippen LogP contribution in [0.15, 0.2) is 30.3 Å². The Labute approximate surface area is 195 Å².